The van der Waals surface area contributed by atoms with Crippen LogP contribution in [0.2, 0.25) is 0 Å². The van der Waals surface area contributed by atoms with Crippen LogP contribution >= 0.6 is 0 Å². The Balaban J connectivity index is 3.59. The Labute approximate surface area is 88.3 Å². The first kappa shape index (κ1) is 11.8. The van der Waals surface area contributed by atoms with Crippen molar-refractivity contribution in [3.8, 4) is 6.07 Å². The van der Waals surface area contributed by atoms with Gasteiger partial charge in [0.05, 0.1) is 18.2 Å². The highest BCUT2D eigenvalue weighted by molar-refractivity contribution is 5.92. The minimum absolute atomic E-state index is 0.661. The summed E-state index contributed by atoms with van der Waals surface area (Å²) < 4.78 is 29.2. The quantitative estimate of drug-likeness (QED) is 0.764. The van der Waals surface area contributed by atoms with Gasteiger partial charge in [0, 0.05) is 6.20 Å². The summed E-state index contributed by atoms with van der Waals surface area (Å²) in [5.74, 6) is -1.12. The number of aromatic amines is 1. The van der Waals surface area contributed by atoms with Gasteiger partial charge in [-0.3, -0.25) is 4.79 Å². The number of pyridine rings is 1. The van der Waals surface area contributed by atoms with E-state index in [1.165, 1.54) is 6.07 Å². The fourth-order valence-electron chi connectivity index (χ4n) is 1.13. The smallest absolute Gasteiger partial charge is 0.344 e. The number of alkyl halides is 2. The van der Waals surface area contributed by atoms with Gasteiger partial charge in [0.15, 0.2) is 0 Å². The third-order valence-corrected chi connectivity index (χ3v) is 1.86. The predicted molar refractivity (Wildman–Crippen MR) is 48.1 cm³/mol. The molecule has 0 saturated carbocycles. The summed E-state index contributed by atoms with van der Waals surface area (Å²) in [6, 6.07) is 1.40. The van der Waals surface area contributed by atoms with E-state index in [1.54, 1.807) is 0 Å². The van der Waals surface area contributed by atoms with Crippen LogP contribution in [0.4, 0.5) is 8.78 Å². The number of hydrogen-bond acceptors (Lipinski definition) is 4. The number of nitrogens with one attached hydrogen (secondary N) is 1. The Morgan fingerprint density at radius 1 is 1.62 bits per heavy atom. The Morgan fingerprint density at radius 3 is 2.69 bits per heavy atom. The number of nitriles is 1. The summed E-state index contributed by atoms with van der Waals surface area (Å²) in [5, 5.41) is 8.67. The lowest BCUT2D eigenvalue weighted by atomic mass is 10.1. The minimum atomic E-state index is -2.96. The predicted octanol–water partition coefficient (Wildman–Crippen LogP) is 0.971. The van der Waals surface area contributed by atoms with Crippen molar-refractivity contribution < 1.29 is 18.3 Å². The molecule has 7 heteroatoms. The molecule has 0 amide bonds. The second kappa shape index (κ2) is 4.53. The molecule has 0 unspecified atom stereocenters. The third kappa shape index (κ3) is 1.91. The van der Waals surface area contributed by atoms with E-state index < -0.39 is 34.6 Å². The van der Waals surface area contributed by atoms with Gasteiger partial charge in [0.2, 0.25) is 0 Å². The lowest BCUT2D eigenvalue weighted by molar-refractivity contribution is 0.0597. The van der Waals surface area contributed by atoms with Gasteiger partial charge in [-0.05, 0) is 0 Å². The number of hydrogen-bond donors (Lipinski definition) is 1. The third-order valence-electron chi connectivity index (χ3n) is 1.86. The zero-order valence-electron chi connectivity index (χ0n) is 8.08. The second-order valence-corrected chi connectivity index (χ2v) is 2.73. The number of H-pyrrole nitrogens is 1. The lowest BCUT2D eigenvalue weighted by Crippen LogP contribution is -2.22. The normalized spacial score (nSPS) is 9.94. The number of carbonyl (C=O) groups is 1. The van der Waals surface area contributed by atoms with Crippen molar-refractivity contribution in [3.63, 3.8) is 0 Å². The van der Waals surface area contributed by atoms with Crippen LogP contribution < -0.4 is 5.56 Å². The average Bonchev–Trinajstić information content (AvgIpc) is 2.26. The van der Waals surface area contributed by atoms with E-state index in [1.807, 2.05) is 4.98 Å². The summed E-state index contributed by atoms with van der Waals surface area (Å²) in [6.45, 7) is 0. The SMILES string of the molecule is COC(=O)c1c(C#N)c(C(F)F)c[nH]c1=O. The van der Waals surface area contributed by atoms with E-state index >= 15 is 0 Å². The van der Waals surface area contributed by atoms with Gasteiger partial charge in [-0.2, -0.15) is 5.26 Å². The number of methoxy groups -OCH3 is 1. The molecular weight excluding hydrogens is 222 g/mol. The van der Waals surface area contributed by atoms with Crippen LogP contribution in [0.25, 0.3) is 0 Å². The second-order valence-electron chi connectivity index (χ2n) is 2.73. The molecule has 5 nitrogen and oxygen atoms in total. The maximum absolute atomic E-state index is 12.5. The monoisotopic (exact) mass is 228 g/mol. The summed E-state index contributed by atoms with van der Waals surface area (Å²) in [5.41, 5.74) is -3.01. The highest BCUT2D eigenvalue weighted by Crippen LogP contribution is 2.22. The van der Waals surface area contributed by atoms with Crippen molar-refractivity contribution in [2.24, 2.45) is 0 Å². The number of halogens is 2. The zero-order valence-corrected chi connectivity index (χ0v) is 8.08. The Morgan fingerprint density at radius 2 is 2.25 bits per heavy atom. The molecular formula is C9H6F2N2O3. The van der Waals surface area contributed by atoms with Crippen LogP contribution in [0, 0.1) is 11.3 Å². The molecule has 1 heterocycles. The van der Waals surface area contributed by atoms with Gasteiger partial charge >= 0.3 is 5.97 Å². The molecule has 0 aromatic carbocycles. The van der Waals surface area contributed by atoms with Crippen LogP contribution in [0.1, 0.15) is 27.9 Å². The van der Waals surface area contributed by atoms with E-state index in [9.17, 15) is 18.4 Å². The van der Waals surface area contributed by atoms with Crippen molar-refractivity contribution >= 4 is 5.97 Å². The van der Waals surface area contributed by atoms with E-state index in [-0.39, 0.29) is 0 Å². The molecule has 0 bridgehead atoms. The molecule has 1 aromatic heterocycles. The Hall–Kier alpha value is -2.23. The van der Waals surface area contributed by atoms with Crippen LogP contribution in [-0.2, 0) is 4.74 Å². The average molecular weight is 228 g/mol. The van der Waals surface area contributed by atoms with Crippen molar-refractivity contribution in [1.82, 2.24) is 4.98 Å². The topological polar surface area (TPSA) is 82.9 Å². The highest BCUT2D eigenvalue weighted by atomic mass is 19.3. The number of carbonyl (C=O) groups excluding carboxylic acids is 1. The van der Waals surface area contributed by atoms with E-state index in [2.05, 4.69) is 4.74 Å². The molecule has 0 fully saturated rings. The molecule has 16 heavy (non-hydrogen) atoms. The molecule has 84 valence electrons. The highest BCUT2D eigenvalue weighted by Gasteiger charge is 2.23. The molecule has 0 radical (unpaired) electrons. The van der Waals surface area contributed by atoms with Gasteiger partial charge in [-0.25, -0.2) is 13.6 Å². The molecule has 0 aliphatic rings. The number of nitrogens with zero attached hydrogens (tertiary/aromatic N) is 1. The molecule has 1 aromatic rings. The standard InChI is InChI=1S/C9H6F2N2O3/c1-16-9(15)6-4(2-12)5(7(10)11)3-13-8(6)14/h3,7H,1H3,(H,13,14). The van der Waals surface area contributed by atoms with Crippen molar-refractivity contribution in [2.75, 3.05) is 7.11 Å². The Bertz CT molecular complexity index is 516. The zero-order chi connectivity index (χ0) is 12.3. The largest absolute Gasteiger partial charge is 0.465 e. The van der Waals surface area contributed by atoms with Crippen molar-refractivity contribution in [3.05, 3.63) is 33.2 Å². The maximum atomic E-state index is 12.5. The first-order valence-electron chi connectivity index (χ1n) is 4.05. The van der Waals surface area contributed by atoms with E-state index in [0.717, 1.165) is 7.11 Å². The maximum Gasteiger partial charge on any atom is 0.344 e. The van der Waals surface area contributed by atoms with Gasteiger partial charge in [-0.1, -0.05) is 0 Å². The number of esters is 1. The summed E-state index contributed by atoms with van der Waals surface area (Å²) >= 11 is 0. The first-order valence-corrected chi connectivity index (χ1v) is 4.05. The number of rotatable bonds is 2. The van der Waals surface area contributed by atoms with E-state index in [4.69, 9.17) is 5.26 Å². The van der Waals surface area contributed by atoms with E-state index in [0.29, 0.717) is 6.20 Å². The molecule has 0 aliphatic carbocycles. The first-order chi connectivity index (χ1) is 7.52. The van der Waals surface area contributed by atoms with Gasteiger partial charge in [0.1, 0.15) is 11.6 Å². The molecule has 0 spiro atoms. The van der Waals surface area contributed by atoms with Crippen molar-refractivity contribution in [2.45, 2.75) is 6.43 Å². The van der Waals surface area contributed by atoms with Crippen LogP contribution in [0.15, 0.2) is 11.0 Å². The molecule has 1 rings (SSSR count). The van der Waals surface area contributed by atoms with Gasteiger partial charge in [0.25, 0.3) is 12.0 Å². The number of ether oxygens (including phenoxy) is 1. The Kier molecular flexibility index (Phi) is 3.35. The van der Waals surface area contributed by atoms with Crippen LogP contribution in [0.5, 0.6) is 0 Å². The van der Waals surface area contributed by atoms with Crippen molar-refractivity contribution in [1.29, 1.82) is 5.26 Å². The number of aromatic nitrogens is 1. The van der Waals surface area contributed by atoms with Gasteiger partial charge < -0.3 is 9.72 Å². The van der Waals surface area contributed by atoms with Gasteiger partial charge in [-0.15, -0.1) is 0 Å². The molecule has 1 N–H and O–H groups in total. The fraction of sp³-hybridized carbons (Fsp3) is 0.222. The summed E-state index contributed by atoms with van der Waals surface area (Å²) in [7, 11) is 0.984. The molecule has 0 atom stereocenters. The molecule has 0 saturated heterocycles. The van der Waals surface area contributed by atoms with Crippen LogP contribution in [0.3, 0.4) is 0 Å². The van der Waals surface area contributed by atoms with Crippen LogP contribution in [-0.4, -0.2) is 18.1 Å². The lowest BCUT2D eigenvalue weighted by Gasteiger charge is -2.05. The molecule has 0 aliphatic heterocycles. The summed E-state index contributed by atoms with van der Waals surface area (Å²) in [6.07, 6.45) is -2.26. The fourth-order valence-corrected chi connectivity index (χ4v) is 1.13. The minimum Gasteiger partial charge on any atom is -0.465 e. The summed E-state index contributed by atoms with van der Waals surface area (Å²) in [4.78, 5) is 24.3.